The number of hydrogen-bond donors (Lipinski definition) is 1. The van der Waals surface area contributed by atoms with Crippen LogP contribution in [-0.4, -0.2) is 8.31 Å². The van der Waals surface area contributed by atoms with Crippen LogP contribution in [0.1, 0.15) is 128 Å². The van der Waals surface area contributed by atoms with Gasteiger partial charge in [0.05, 0.1) is 0 Å². The van der Waals surface area contributed by atoms with Gasteiger partial charge in [0, 0.05) is 0 Å². The summed E-state index contributed by atoms with van der Waals surface area (Å²) >= 11 is 1.55. The second-order valence-electron chi connectivity index (χ2n) is 18.4. The first kappa shape index (κ1) is 45.6. The van der Waals surface area contributed by atoms with Crippen LogP contribution in [0.3, 0.4) is 0 Å². The molecule has 0 spiro atoms. The van der Waals surface area contributed by atoms with Crippen LogP contribution in [0.5, 0.6) is 5.75 Å². The summed E-state index contributed by atoms with van der Waals surface area (Å²) in [5.41, 5.74) is 13.2. The Morgan fingerprint density at radius 2 is 0.842 bits per heavy atom. The molecule has 0 aromatic heterocycles. The number of fused-ring (bicyclic) bond motifs is 2. The first-order chi connectivity index (χ1) is 26.7. The van der Waals surface area contributed by atoms with E-state index in [9.17, 15) is 5.11 Å². The molecule has 0 bridgehead atoms. The predicted molar refractivity (Wildman–Crippen MR) is 249 cm³/mol. The maximum atomic E-state index is 9.21. The zero-order chi connectivity index (χ0) is 42.2. The van der Waals surface area contributed by atoms with E-state index in [4.69, 9.17) is 0 Å². The minimum Gasteiger partial charge on any atom is -0.507 e. The monoisotopic (exact) mass is 832 g/mol. The fourth-order valence-electron chi connectivity index (χ4n) is 6.79. The Morgan fingerprint density at radius 1 is 0.526 bits per heavy atom. The Balaban J connectivity index is 0.000000194. The van der Waals surface area contributed by atoms with Crippen molar-refractivity contribution in [2.45, 2.75) is 120 Å². The summed E-state index contributed by atoms with van der Waals surface area (Å²) in [6.07, 6.45) is 0. The zero-order valence-corrected chi connectivity index (χ0v) is 39.7. The summed E-state index contributed by atoms with van der Waals surface area (Å²) in [6.45, 7) is 30.6. The predicted octanol–water partition coefficient (Wildman–Crippen LogP) is 16.0. The summed E-state index contributed by atoms with van der Waals surface area (Å²) in [5, 5.41) is 14.6. The quantitative estimate of drug-likeness (QED) is 0.175. The average Bonchev–Trinajstić information content (AvgIpc) is 3.79. The topological polar surface area (TPSA) is 20.2 Å². The standard InChI is InChI=1S/2C22H25.C8H10O.C3H6.Zr/c2*1-15(2)18-13-17-7-6-8-20(21(17)14-18)16-9-11-19(12-10-16)22(3,4)5;1-6-4-3-5-7(2)8(6)9;1-3-2;/h2*6-15H,1-5H3;3-5,9H,1-2H3;1-2H3;/q2*-1;;;+2. The smallest absolute Gasteiger partial charge is 0.121 e. The molecule has 1 nitrogen and oxygen atoms in total. The molecule has 0 heterocycles. The van der Waals surface area contributed by atoms with Crippen molar-refractivity contribution in [2.24, 2.45) is 0 Å². The molecule has 7 aromatic carbocycles. The van der Waals surface area contributed by atoms with Crippen molar-refractivity contribution in [1.29, 1.82) is 0 Å². The molecule has 57 heavy (non-hydrogen) atoms. The van der Waals surface area contributed by atoms with Gasteiger partial charge in [-0.25, -0.2) is 0 Å². The van der Waals surface area contributed by atoms with E-state index < -0.39 is 0 Å². The first-order valence-corrected chi connectivity index (χ1v) is 21.8. The van der Waals surface area contributed by atoms with Crippen LogP contribution in [0.25, 0.3) is 43.8 Å². The van der Waals surface area contributed by atoms with Gasteiger partial charge in [-0.2, -0.15) is 12.1 Å². The maximum absolute atomic E-state index is 9.21. The number of aromatic hydroxyl groups is 1. The second-order valence-corrected chi connectivity index (χ2v) is 20.9. The van der Waals surface area contributed by atoms with E-state index in [0.29, 0.717) is 17.6 Å². The van der Waals surface area contributed by atoms with Gasteiger partial charge in [-0.05, 0) is 69.9 Å². The molecule has 0 amide bonds. The number of phenolic OH excluding ortho intramolecular Hbond substituents is 1. The van der Waals surface area contributed by atoms with Crippen molar-refractivity contribution in [1.82, 2.24) is 0 Å². The van der Waals surface area contributed by atoms with Crippen molar-refractivity contribution >= 4 is 24.8 Å². The molecule has 7 aromatic rings. The minimum absolute atomic E-state index is 0.204. The molecule has 0 aliphatic carbocycles. The molecule has 0 unspecified atom stereocenters. The van der Waals surface area contributed by atoms with Crippen LogP contribution in [0.2, 0.25) is 0 Å². The summed E-state index contributed by atoms with van der Waals surface area (Å²) in [5.74, 6) is 1.56. The number of phenols is 1. The van der Waals surface area contributed by atoms with Gasteiger partial charge in [0.15, 0.2) is 0 Å². The molecule has 296 valence electrons. The molecular weight excluding hydrogens is 768 g/mol. The Kier molecular flexibility index (Phi) is 15.6. The van der Waals surface area contributed by atoms with Gasteiger partial charge < -0.3 is 5.11 Å². The third-order valence-electron chi connectivity index (χ3n) is 10.4. The molecule has 7 rings (SSSR count). The third kappa shape index (κ3) is 12.4. The first-order valence-electron chi connectivity index (χ1n) is 20.5. The molecule has 0 saturated carbocycles. The van der Waals surface area contributed by atoms with Crippen LogP contribution < -0.4 is 0 Å². The van der Waals surface area contributed by atoms with Gasteiger partial charge in [-0.1, -0.05) is 159 Å². The molecule has 0 saturated heterocycles. The van der Waals surface area contributed by atoms with Gasteiger partial charge in [-0.15, -0.1) is 69.1 Å². The Morgan fingerprint density at radius 3 is 1.12 bits per heavy atom. The van der Waals surface area contributed by atoms with E-state index in [-0.39, 0.29) is 10.8 Å². The minimum atomic E-state index is 0.204. The van der Waals surface area contributed by atoms with Gasteiger partial charge in [0.2, 0.25) is 0 Å². The number of rotatable bonds is 4. The molecule has 1 N–H and O–H groups in total. The van der Waals surface area contributed by atoms with E-state index in [1.807, 2.05) is 32.0 Å². The molecule has 0 aliphatic rings. The van der Waals surface area contributed by atoms with E-state index >= 15 is 0 Å². The van der Waals surface area contributed by atoms with Crippen molar-refractivity contribution in [3.8, 4) is 28.0 Å². The molecule has 0 radical (unpaired) electrons. The van der Waals surface area contributed by atoms with Crippen LogP contribution in [0.15, 0.2) is 127 Å². The van der Waals surface area contributed by atoms with Gasteiger partial charge in [0.25, 0.3) is 0 Å². The molecule has 0 fully saturated rings. The van der Waals surface area contributed by atoms with Crippen LogP contribution >= 0.6 is 0 Å². The molecule has 0 atom stereocenters. The van der Waals surface area contributed by atoms with Crippen molar-refractivity contribution in [2.75, 3.05) is 0 Å². The van der Waals surface area contributed by atoms with Crippen molar-refractivity contribution in [3.05, 3.63) is 161 Å². The van der Waals surface area contributed by atoms with Crippen LogP contribution in [0.4, 0.5) is 0 Å². The Bertz CT molecular complexity index is 2200. The third-order valence-corrected chi connectivity index (χ3v) is 10.4. The van der Waals surface area contributed by atoms with E-state index in [1.54, 1.807) is 24.2 Å². The summed E-state index contributed by atoms with van der Waals surface area (Å²) in [4.78, 5) is 0. The molecule has 0 aliphatic heterocycles. The van der Waals surface area contributed by atoms with Gasteiger partial charge >= 0.3 is 41.3 Å². The van der Waals surface area contributed by atoms with Crippen LogP contribution in [-0.2, 0) is 35.1 Å². The number of para-hydroxylation sites is 1. The Hall–Kier alpha value is -4.13. The van der Waals surface area contributed by atoms with Crippen LogP contribution in [0, 0.1) is 13.8 Å². The fourth-order valence-corrected chi connectivity index (χ4v) is 6.79. The maximum Gasteiger partial charge on any atom is 0.121 e. The normalized spacial score (nSPS) is 11.5. The zero-order valence-electron chi connectivity index (χ0n) is 37.2. The van der Waals surface area contributed by atoms with Crippen molar-refractivity contribution < 1.29 is 29.3 Å². The average molecular weight is 834 g/mol. The fraction of sp³-hybridized carbons (Fsp3) is 0.327. The molecule has 2 heteroatoms. The number of hydrogen-bond acceptors (Lipinski definition) is 1. The van der Waals surface area contributed by atoms with Crippen molar-refractivity contribution in [3.63, 3.8) is 0 Å². The Labute approximate surface area is 360 Å². The number of benzene rings is 5. The van der Waals surface area contributed by atoms with E-state index in [2.05, 4.69) is 192 Å². The number of aryl methyl sites for hydroxylation is 2. The van der Waals surface area contributed by atoms with Gasteiger partial charge in [-0.3, -0.25) is 0 Å². The summed E-state index contributed by atoms with van der Waals surface area (Å²) < 4.78 is 1.51. The molecular formula is C55H66OZr. The summed E-state index contributed by atoms with van der Waals surface area (Å²) in [7, 11) is 0. The summed E-state index contributed by atoms with van der Waals surface area (Å²) in [6, 6.07) is 46.4. The van der Waals surface area contributed by atoms with E-state index in [1.165, 1.54) is 69.3 Å². The largest absolute Gasteiger partial charge is 0.507 e. The second kappa shape index (κ2) is 19.5. The van der Waals surface area contributed by atoms with Gasteiger partial charge in [0.1, 0.15) is 5.75 Å². The van der Waals surface area contributed by atoms with E-state index in [0.717, 1.165) is 11.1 Å². The SMILES string of the molecule is CC(C)c1cc2c(-c3ccc(C(C)(C)C)cc3)cccc2[cH-]1.CC(C)c1cc2c(-c3ccc(C(C)(C)C)cc3)cccc2[cH-]1.C[C](C)=[Zr+2].Cc1cccc(C)c1O.